The number of rotatable bonds is 2. The van der Waals surface area contributed by atoms with Gasteiger partial charge in [0.15, 0.2) is 0 Å². The van der Waals surface area contributed by atoms with Gasteiger partial charge in [-0.15, -0.1) is 13.2 Å². The Balaban J connectivity index is 2.27. The first-order valence-electron chi connectivity index (χ1n) is 5.43. The van der Waals surface area contributed by atoms with Gasteiger partial charge in [-0.3, -0.25) is 4.98 Å². The lowest BCUT2D eigenvalue weighted by Crippen LogP contribution is -2.16. The number of alkyl halides is 3. The van der Waals surface area contributed by atoms with Crippen LogP contribution in [0.2, 0.25) is 0 Å². The monoisotopic (exact) mass is 268 g/mol. The van der Waals surface area contributed by atoms with Crippen LogP contribution in [0.5, 0.6) is 5.75 Å². The van der Waals surface area contributed by atoms with Gasteiger partial charge in [-0.2, -0.15) is 0 Å². The largest absolute Gasteiger partial charge is 0.573 e. The Morgan fingerprint density at radius 3 is 2.32 bits per heavy atom. The molecule has 0 fully saturated rings. The van der Waals surface area contributed by atoms with Gasteiger partial charge < -0.3 is 10.5 Å². The van der Waals surface area contributed by atoms with E-state index < -0.39 is 6.36 Å². The Kier molecular flexibility index (Phi) is 3.33. The van der Waals surface area contributed by atoms with E-state index in [1.807, 2.05) is 6.92 Å². The number of ether oxygens (including phenoxy) is 1. The van der Waals surface area contributed by atoms with E-state index in [-0.39, 0.29) is 5.75 Å². The van der Waals surface area contributed by atoms with Gasteiger partial charge in [0.25, 0.3) is 0 Å². The van der Waals surface area contributed by atoms with Gasteiger partial charge in [0.1, 0.15) is 5.75 Å². The molecule has 3 nitrogen and oxygen atoms in total. The molecular weight excluding hydrogens is 257 g/mol. The third-order valence-corrected chi connectivity index (χ3v) is 2.46. The number of pyridine rings is 1. The number of hydrogen-bond donors (Lipinski definition) is 1. The highest BCUT2D eigenvalue weighted by Crippen LogP contribution is 2.27. The highest BCUT2D eigenvalue weighted by Gasteiger charge is 2.30. The van der Waals surface area contributed by atoms with Crippen molar-refractivity contribution in [1.82, 2.24) is 4.98 Å². The van der Waals surface area contributed by atoms with Crippen LogP contribution in [0.1, 0.15) is 5.56 Å². The maximum Gasteiger partial charge on any atom is 0.573 e. The lowest BCUT2D eigenvalue weighted by molar-refractivity contribution is -0.274. The Hall–Kier alpha value is -2.24. The summed E-state index contributed by atoms with van der Waals surface area (Å²) in [6.45, 7) is 1.83. The number of anilines is 1. The second-order valence-electron chi connectivity index (χ2n) is 4.01. The van der Waals surface area contributed by atoms with E-state index in [0.717, 1.165) is 5.56 Å². The van der Waals surface area contributed by atoms with Gasteiger partial charge in [-0.05, 0) is 42.8 Å². The van der Waals surface area contributed by atoms with Crippen LogP contribution in [0.25, 0.3) is 11.3 Å². The number of aryl methyl sites for hydroxylation is 1. The Bertz CT molecular complexity index is 579. The van der Waals surface area contributed by atoms with E-state index in [9.17, 15) is 13.2 Å². The number of nitrogen functional groups attached to an aromatic ring is 1. The molecule has 2 aromatic rings. The topological polar surface area (TPSA) is 48.1 Å². The van der Waals surface area contributed by atoms with Crippen molar-refractivity contribution in [2.45, 2.75) is 13.3 Å². The van der Waals surface area contributed by atoms with Crippen LogP contribution in [-0.2, 0) is 0 Å². The van der Waals surface area contributed by atoms with Crippen molar-refractivity contribution >= 4 is 5.69 Å². The molecule has 0 saturated heterocycles. The molecule has 0 radical (unpaired) electrons. The molecule has 0 atom stereocenters. The number of hydrogen-bond acceptors (Lipinski definition) is 3. The second-order valence-corrected chi connectivity index (χ2v) is 4.01. The number of benzene rings is 1. The van der Waals surface area contributed by atoms with E-state index >= 15 is 0 Å². The van der Waals surface area contributed by atoms with Crippen molar-refractivity contribution < 1.29 is 17.9 Å². The fraction of sp³-hybridized carbons (Fsp3) is 0.154. The number of nitrogens with two attached hydrogens (primary N) is 1. The van der Waals surface area contributed by atoms with Gasteiger partial charge in [0.2, 0.25) is 0 Å². The molecule has 2 N–H and O–H groups in total. The lowest BCUT2D eigenvalue weighted by Gasteiger charge is -2.10. The van der Waals surface area contributed by atoms with Gasteiger partial charge in [0.05, 0.1) is 17.6 Å². The minimum Gasteiger partial charge on any atom is -0.406 e. The molecule has 0 aliphatic carbocycles. The van der Waals surface area contributed by atoms with Crippen molar-refractivity contribution in [3.8, 4) is 17.0 Å². The number of nitrogens with zero attached hydrogens (tertiary/aromatic N) is 1. The summed E-state index contributed by atoms with van der Waals surface area (Å²) in [6, 6.07) is 7.29. The molecule has 0 spiro atoms. The summed E-state index contributed by atoms with van der Waals surface area (Å²) in [6.07, 6.45) is -3.18. The van der Waals surface area contributed by atoms with Crippen molar-refractivity contribution in [2.75, 3.05) is 5.73 Å². The fourth-order valence-electron chi connectivity index (χ4n) is 1.71. The smallest absolute Gasteiger partial charge is 0.406 e. The third-order valence-electron chi connectivity index (χ3n) is 2.46. The first kappa shape index (κ1) is 13.2. The van der Waals surface area contributed by atoms with Crippen molar-refractivity contribution in [1.29, 1.82) is 0 Å². The molecule has 6 heteroatoms. The standard InChI is InChI=1S/C13H11F3N2O/c1-8-6-10(17)7-18-12(8)9-2-4-11(5-3-9)19-13(14,15)16/h2-7H,17H2,1H3. The summed E-state index contributed by atoms with van der Waals surface area (Å²) in [5.74, 6) is -0.260. The predicted octanol–water partition coefficient (Wildman–Crippen LogP) is 3.54. The van der Waals surface area contributed by atoms with E-state index in [1.54, 1.807) is 6.07 Å². The van der Waals surface area contributed by atoms with Gasteiger partial charge in [0, 0.05) is 5.56 Å². The quantitative estimate of drug-likeness (QED) is 0.906. The van der Waals surface area contributed by atoms with E-state index in [2.05, 4.69) is 9.72 Å². The van der Waals surface area contributed by atoms with E-state index in [4.69, 9.17) is 5.73 Å². The average molecular weight is 268 g/mol. The van der Waals surface area contributed by atoms with Crippen molar-refractivity contribution in [2.24, 2.45) is 0 Å². The second kappa shape index (κ2) is 4.79. The predicted molar refractivity (Wildman–Crippen MR) is 65.5 cm³/mol. The Labute approximate surface area is 107 Å². The molecule has 19 heavy (non-hydrogen) atoms. The maximum atomic E-state index is 12.0. The van der Waals surface area contributed by atoms with E-state index in [0.29, 0.717) is 16.9 Å². The highest BCUT2D eigenvalue weighted by atomic mass is 19.4. The number of halogens is 3. The van der Waals surface area contributed by atoms with Crippen LogP contribution < -0.4 is 10.5 Å². The summed E-state index contributed by atoms with van der Waals surface area (Å²) in [5, 5.41) is 0. The first-order valence-corrected chi connectivity index (χ1v) is 5.43. The van der Waals surface area contributed by atoms with E-state index in [1.165, 1.54) is 30.5 Å². The minimum atomic E-state index is -4.68. The average Bonchev–Trinajstić information content (AvgIpc) is 2.28. The van der Waals surface area contributed by atoms with Crippen LogP contribution in [0.4, 0.5) is 18.9 Å². The molecule has 2 rings (SSSR count). The summed E-state index contributed by atoms with van der Waals surface area (Å²) in [5.41, 5.74) is 8.36. The zero-order valence-electron chi connectivity index (χ0n) is 10.0. The Morgan fingerprint density at radius 2 is 1.79 bits per heavy atom. The summed E-state index contributed by atoms with van der Waals surface area (Å²) < 4.78 is 39.9. The van der Waals surface area contributed by atoms with Crippen LogP contribution in [0, 0.1) is 6.92 Å². The SMILES string of the molecule is Cc1cc(N)cnc1-c1ccc(OC(F)(F)F)cc1. The van der Waals surface area contributed by atoms with Gasteiger partial charge in [-0.1, -0.05) is 0 Å². The van der Waals surface area contributed by atoms with Crippen molar-refractivity contribution in [3.63, 3.8) is 0 Å². The first-order chi connectivity index (χ1) is 8.85. The number of aromatic nitrogens is 1. The molecule has 0 bridgehead atoms. The Morgan fingerprint density at radius 1 is 1.16 bits per heavy atom. The lowest BCUT2D eigenvalue weighted by atomic mass is 10.1. The zero-order chi connectivity index (χ0) is 14.0. The molecule has 1 heterocycles. The highest BCUT2D eigenvalue weighted by molar-refractivity contribution is 5.65. The molecule has 0 saturated carbocycles. The third kappa shape index (κ3) is 3.37. The summed E-state index contributed by atoms with van der Waals surface area (Å²) in [4.78, 5) is 4.16. The molecular formula is C13H11F3N2O. The van der Waals surface area contributed by atoms with Gasteiger partial charge in [-0.25, -0.2) is 0 Å². The molecule has 0 aliphatic rings. The summed E-state index contributed by atoms with van der Waals surface area (Å²) in [7, 11) is 0. The molecule has 0 aliphatic heterocycles. The molecule has 100 valence electrons. The zero-order valence-corrected chi connectivity index (χ0v) is 10.0. The van der Waals surface area contributed by atoms with Crippen molar-refractivity contribution in [3.05, 3.63) is 42.1 Å². The van der Waals surface area contributed by atoms with Crippen LogP contribution in [0.3, 0.4) is 0 Å². The minimum absolute atomic E-state index is 0.260. The van der Waals surface area contributed by atoms with Gasteiger partial charge >= 0.3 is 6.36 Å². The fourth-order valence-corrected chi connectivity index (χ4v) is 1.71. The summed E-state index contributed by atoms with van der Waals surface area (Å²) >= 11 is 0. The van der Waals surface area contributed by atoms with Crippen LogP contribution in [-0.4, -0.2) is 11.3 Å². The molecule has 0 amide bonds. The molecule has 0 unspecified atom stereocenters. The molecule has 1 aromatic carbocycles. The normalized spacial score (nSPS) is 11.4. The van der Waals surface area contributed by atoms with Crippen LogP contribution >= 0.6 is 0 Å². The maximum absolute atomic E-state index is 12.0. The molecule has 1 aromatic heterocycles. The van der Waals surface area contributed by atoms with Crippen LogP contribution in [0.15, 0.2) is 36.5 Å².